The lowest BCUT2D eigenvalue weighted by molar-refractivity contribution is -0.132. The van der Waals surface area contributed by atoms with Crippen LogP contribution >= 0.6 is 24.0 Å². The van der Waals surface area contributed by atoms with E-state index in [1.54, 1.807) is 0 Å². The topological polar surface area (TPSA) is 45.7 Å². The molecule has 18 heavy (non-hydrogen) atoms. The number of ether oxygens (including phenoxy) is 1. The minimum Gasteiger partial charge on any atom is -0.380 e. The number of guanidine groups is 1. The molecule has 1 saturated heterocycles. The zero-order valence-electron chi connectivity index (χ0n) is 10.4. The standard InChI is InChI=1S/C10H18F3N3O.HI/c1-9(6-17-7-9)5-16-8(14-2)15-4-3-10(11,12)13;/h3-7H2,1-2H3,(H2,14,15,16);1H. The van der Waals surface area contributed by atoms with Gasteiger partial charge in [-0.15, -0.1) is 24.0 Å². The maximum atomic E-state index is 11.9. The number of halogens is 4. The summed E-state index contributed by atoms with van der Waals surface area (Å²) in [6.07, 6.45) is -5.01. The van der Waals surface area contributed by atoms with E-state index < -0.39 is 12.6 Å². The summed E-state index contributed by atoms with van der Waals surface area (Å²) >= 11 is 0. The van der Waals surface area contributed by atoms with Gasteiger partial charge in [0.1, 0.15) is 0 Å². The highest BCUT2D eigenvalue weighted by Gasteiger charge is 2.33. The second-order valence-corrected chi connectivity index (χ2v) is 4.52. The van der Waals surface area contributed by atoms with Crippen molar-refractivity contribution in [2.24, 2.45) is 10.4 Å². The number of hydrogen-bond donors (Lipinski definition) is 2. The third-order valence-corrected chi connectivity index (χ3v) is 2.51. The lowest BCUT2D eigenvalue weighted by Crippen LogP contribution is -2.51. The fourth-order valence-electron chi connectivity index (χ4n) is 1.39. The molecule has 4 nitrogen and oxygen atoms in total. The molecule has 0 saturated carbocycles. The van der Waals surface area contributed by atoms with Crippen LogP contribution in [-0.2, 0) is 4.74 Å². The molecule has 0 aromatic rings. The van der Waals surface area contributed by atoms with Crippen LogP contribution in [0.4, 0.5) is 13.2 Å². The van der Waals surface area contributed by atoms with E-state index in [-0.39, 0.29) is 35.9 Å². The molecule has 0 bridgehead atoms. The van der Waals surface area contributed by atoms with E-state index in [2.05, 4.69) is 15.6 Å². The van der Waals surface area contributed by atoms with Gasteiger partial charge in [-0.25, -0.2) is 0 Å². The molecule has 2 N–H and O–H groups in total. The van der Waals surface area contributed by atoms with E-state index in [4.69, 9.17) is 4.74 Å². The Morgan fingerprint density at radius 3 is 2.33 bits per heavy atom. The number of nitrogens with one attached hydrogen (secondary N) is 2. The van der Waals surface area contributed by atoms with Gasteiger partial charge in [0.25, 0.3) is 0 Å². The molecule has 1 aliphatic heterocycles. The van der Waals surface area contributed by atoms with Gasteiger partial charge in [-0.2, -0.15) is 13.2 Å². The van der Waals surface area contributed by atoms with Crippen LogP contribution in [-0.4, -0.2) is 45.5 Å². The first-order valence-corrected chi connectivity index (χ1v) is 5.44. The van der Waals surface area contributed by atoms with Crippen molar-refractivity contribution in [2.45, 2.75) is 19.5 Å². The normalized spacial score (nSPS) is 18.6. The molecule has 0 aromatic heterocycles. The van der Waals surface area contributed by atoms with Gasteiger partial charge in [-0.05, 0) is 0 Å². The molecule has 0 amide bonds. The van der Waals surface area contributed by atoms with Gasteiger partial charge in [0.15, 0.2) is 5.96 Å². The highest BCUT2D eigenvalue weighted by atomic mass is 127. The summed E-state index contributed by atoms with van der Waals surface area (Å²) < 4.78 is 40.9. The van der Waals surface area contributed by atoms with Gasteiger partial charge < -0.3 is 15.4 Å². The Bertz CT molecular complexity index is 280. The van der Waals surface area contributed by atoms with E-state index in [0.717, 1.165) is 0 Å². The number of aliphatic imine (C=N–C) groups is 1. The summed E-state index contributed by atoms with van der Waals surface area (Å²) in [6.45, 7) is 3.85. The molecule has 0 spiro atoms. The van der Waals surface area contributed by atoms with E-state index in [1.165, 1.54) is 7.05 Å². The number of alkyl halides is 3. The Hall–Kier alpha value is -0.250. The first kappa shape index (κ1) is 17.8. The highest BCUT2D eigenvalue weighted by molar-refractivity contribution is 14.0. The molecule has 0 aromatic carbocycles. The average molecular weight is 381 g/mol. The van der Waals surface area contributed by atoms with Gasteiger partial charge in [-0.1, -0.05) is 6.92 Å². The van der Waals surface area contributed by atoms with Gasteiger partial charge >= 0.3 is 6.18 Å². The minimum absolute atomic E-state index is 0. The Morgan fingerprint density at radius 1 is 1.33 bits per heavy atom. The molecule has 1 aliphatic rings. The summed E-state index contributed by atoms with van der Waals surface area (Å²) in [6, 6.07) is 0. The molecular formula is C10H19F3IN3O. The molecule has 0 unspecified atom stereocenters. The van der Waals surface area contributed by atoms with Crippen molar-refractivity contribution in [1.29, 1.82) is 0 Å². The van der Waals surface area contributed by atoms with E-state index in [1.807, 2.05) is 6.92 Å². The fraction of sp³-hybridized carbons (Fsp3) is 0.900. The molecule has 8 heteroatoms. The minimum atomic E-state index is -4.14. The van der Waals surface area contributed by atoms with E-state index >= 15 is 0 Å². The van der Waals surface area contributed by atoms with Crippen molar-refractivity contribution in [1.82, 2.24) is 10.6 Å². The molecule has 1 rings (SSSR count). The molecule has 0 aliphatic carbocycles. The highest BCUT2D eigenvalue weighted by Crippen LogP contribution is 2.24. The first-order chi connectivity index (χ1) is 7.85. The van der Waals surface area contributed by atoms with Crippen molar-refractivity contribution in [2.75, 3.05) is 33.4 Å². The van der Waals surface area contributed by atoms with Gasteiger partial charge in [0.2, 0.25) is 0 Å². The molecular weight excluding hydrogens is 362 g/mol. The second kappa shape index (κ2) is 7.37. The summed E-state index contributed by atoms with van der Waals surface area (Å²) in [5, 5.41) is 5.61. The Labute approximate surface area is 122 Å². The van der Waals surface area contributed by atoms with Crippen molar-refractivity contribution in [3.8, 4) is 0 Å². The predicted molar refractivity (Wildman–Crippen MR) is 74.4 cm³/mol. The van der Waals surface area contributed by atoms with E-state index in [0.29, 0.717) is 25.7 Å². The molecule has 0 atom stereocenters. The van der Waals surface area contributed by atoms with Crippen molar-refractivity contribution >= 4 is 29.9 Å². The number of rotatable bonds is 4. The zero-order valence-corrected chi connectivity index (χ0v) is 12.8. The Morgan fingerprint density at radius 2 is 1.94 bits per heavy atom. The lowest BCUT2D eigenvalue weighted by atomic mass is 9.89. The largest absolute Gasteiger partial charge is 0.390 e. The second-order valence-electron chi connectivity index (χ2n) is 4.52. The van der Waals surface area contributed by atoms with Crippen LogP contribution in [0.2, 0.25) is 0 Å². The molecule has 0 radical (unpaired) electrons. The van der Waals surface area contributed by atoms with E-state index in [9.17, 15) is 13.2 Å². The number of hydrogen-bond acceptors (Lipinski definition) is 2. The SMILES string of the molecule is CN=C(NCCC(F)(F)F)NCC1(C)COC1.I. The quantitative estimate of drug-likeness (QED) is 0.443. The van der Waals surface area contributed by atoms with Gasteiger partial charge in [0.05, 0.1) is 19.6 Å². The number of nitrogens with zero attached hydrogens (tertiary/aromatic N) is 1. The van der Waals surface area contributed by atoms with Crippen molar-refractivity contribution in [3.63, 3.8) is 0 Å². The maximum absolute atomic E-state index is 11.9. The van der Waals surface area contributed by atoms with Crippen LogP contribution in [0.5, 0.6) is 0 Å². The van der Waals surface area contributed by atoms with Crippen LogP contribution in [0.3, 0.4) is 0 Å². The van der Waals surface area contributed by atoms with Crippen LogP contribution in [0, 0.1) is 5.41 Å². The Kier molecular flexibility index (Phi) is 7.26. The molecule has 1 heterocycles. The van der Waals surface area contributed by atoms with Crippen LogP contribution in [0.25, 0.3) is 0 Å². The summed E-state index contributed by atoms with van der Waals surface area (Å²) in [4.78, 5) is 3.86. The summed E-state index contributed by atoms with van der Waals surface area (Å²) in [7, 11) is 1.53. The predicted octanol–water partition coefficient (Wildman–Crippen LogP) is 1.76. The van der Waals surface area contributed by atoms with Gasteiger partial charge in [0, 0.05) is 25.6 Å². The average Bonchev–Trinajstić information content (AvgIpc) is 2.18. The summed E-state index contributed by atoms with van der Waals surface area (Å²) in [5.74, 6) is 0.391. The first-order valence-electron chi connectivity index (χ1n) is 5.44. The third-order valence-electron chi connectivity index (χ3n) is 2.51. The monoisotopic (exact) mass is 381 g/mol. The maximum Gasteiger partial charge on any atom is 0.390 e. The van der Waals surface area contributed by atoms with Gasteiger partial charge in [-0.3, -0.25) is 4.99 Å². The molecule has 108 valence electrons. The van der Waals surface area contributed by atoms with Crippen LogP contribution in [0.15, 0.2) is 4.99 Å². The van der Waals surface area contributed by atoms with Crippen molar-refractivity contribution < 1.29 is 17.9 Å². The molecule has 1 fully saturated rings. The van der Waals surface area contributed by atoms with Crippen LogP contribution in [0.1, 0.15) is 13.3 Å². The Balaban J connectivity index is 0.00000289. The fourth-order valence-corrected chi connectivity index (χ4v) is 1.39. The third kappa shape index (κ3) is 6.62. The lowest BCUT2D eigenvalue weighted by Gasteiger charge is -2.38. The zero-order chi connectivity index (χ0) is 12.9. The van der Waals surface area contributed by atoms with Crippen molar-refractivity contribution in [3.05, 3.63) is 0 Å². The van der Waals surface area contributed by atoms with Crippen LogP contribution < -0.4 is 10.6 Å². The smallest absolute Gasteiger partial charge is 0.380 e. The summed E-state index contributed by atoms with van der Waals surface area (Å²) in [5.41, 5.74) is 0.0572.